The topological polar surface area (TPSA) is 131 Å². The molecule has 1 aromatic heterocycles. The van der Waals surface area contributed by atoms with Gasteiger partial charge in [0.25, 0.3) is 11.6 Å². The van der Waals surface area contributed by atoms with Gasteiger partial charge in [0.1, 0.15) is 12.0 Å². The van der Waals surface area contributed by atoms with E-state index in [2.05, 4.69) is 10.3 Å². The second-order valence-electron chi connectivity index (χ2n) is 4.50. The van der Waals surface area contributed by atoms with Crippen LogP contribution in [0.4, 0.5) is 11.5 Å². The van der Waals surface area contributed by atoms with E-state index in [1.807, 2.05) is 6.07 Å². The van der Waals surface area contributed by atoms with Crippen LogP contribution in [0, 0.1) is 10.1 Å². The molecule has 0 spiro atoms. The fourth-order valence-electron chi connectivity index (χ4n) is 1.94. The maximum Gasteiger partial charge on any atom is 0.288 e. The minimum atomic E-state index is -0.844. The lowest BCUT2D eigenvalue weighted by atomic mass is 10.1. The number of rotatable bonds is 6. The van der Waals surface area contributed by atoms with E-state index in [0.29, 0.717) is 0 Å². The average Bonchev–Trinajstić information content (AvgIpc) is 2.53. The van der Waals surface area contributed by atoms with Crippen molar-refractivity contribution in [3.63, 3.8) is 0 Å². The molecule has 0 aliphatic heterocycles. The zero-order valence-corrected chi connectivity index (χ0v) is 11.5. The van der Waals surface area contributed by atoms with E-state index in [1.54, 1.807) is 24.3 Å². The van der Waals surface area contributed by atoms with Gasteiger partial charge in [-0.15, -0.1) is 0 Å². The first-order valence-electron chi connectivity index (χ1n) is 6.39. The van der Waals surface area contributed by atoms with Gasteiger partial charge >= 0.3 is 0 Å². The molecule has 0 fully saturated rings. The van der Waals surface area contributed by atoms with Crippen LogP contribution in [-0.2, 0) is 0 Å². The number of nitrogens with one attached hydrogen (secondary N) is 1. The second kappa shape index (κ2) is 6.64. The van der Waals surface area contributed by atoms with Gasteiger partial charge < -0.3 is 16.2 Å². The Kier molecular flexibility index (Phi) is 4.64. The molecule has 1 heterocycles. The predicted molar refractivity (Wildman–Crippen MR) is 79.3 cm³/mol. The summed E-state index contributed by atoms with van der Waals surface area (Å²) in [6.45, 7) is -0.249. The van der Waals surface area contributed by atoms with Crippen LogP contribution < -0.4 is 11.1 Å². The Morgan fingerprint density at radius 3 is 2.64 bits per heavy atom. The number of aromatic nitrogens is 1. The molecule has 1 amide bonds. The number of pyridine rings is 1. The molecule has 0 unspecified atom stereocenters. The van der Waals surface area contributed by atoms with Crippen LogP contribution in [0.2, 0.25) is 0 Å². The lowest BCUT2D eigenvalue weighted by Crippen LogP contribution is -2.20. The van der Waals surface area contributed by atoms with Gasteiger partial charge in [0, 0.05) is 6.07 Å². The van der Waals surface area contributed by atoms with E-state index in [9.17, 15) is 20.0 Å². The molecule has 8 heteroatoms. The minimum absolute atomic E-state index is 0.0843. The van der Waals surface area contributed by atoms with Gasteiger partial charge in [-0.3, -0.25) is 14.9 Å². The first-order valence-corrected chi connectivity index (χ1v) is 6.39. The van der Waals surface area contributed by atoms with Gasteiger partial charge in [-0.2, -0.15) is 0 Å². The molecule has 22 heavy (non-hydrogen) atoms. The standard InChI is InChI=1S/C14H14N4O4/c15-13(20)11-6-10(18(21)22)7-16-14(11)17-12(8-19)9-4-2-1-3-5-9/h1-7,12,19H,8H2,(H2,15,20)(H,16,17)/t12-/m0/s1. The normalized spacial score (nSPS) is 11.7. The Morgan fingerprint density at radius 1 is 1.41 bits per heavy atom. The molecule has 0 aliphatic carbocycles. The van der Waals surface area contributed by atoms with Crippen LogP contribution in [0.25, 0.3) is 0 Å². The molecule has 0 saturated carbocycles. The molecule has 2 rings (SSSR count). The fraction of sp³-hybridized carbons (Fsp3) is 0.143. The van der Waals surface area contributed by atoms with Gasteiger partial charge in [-0.25, -0.2) is 4.98 Å². The molecule has 114 valence electrons. The summed E-state index contributed by atoms with van der Waals surface area (Å²) < 4.78 is 0. The number of carbonyl (C=O) groups excluding carboxylic acids is 1. The summed E-state index contributed by atoms with van der Waals surface area (Å²) in [4.78, 5) is 25.4. The number of aliphatic hydroxyl groups excluding tert-OH is 1. The summed E-state index contributed by atoms with van der Waals surface area (Å²) >= 11 is 0. The number of amides is 1. The third-order valence-corrected chi connectivity index (χ3v) is 3.05. The monoisotopic (exact) mass is 302 g/mol. The van der Waals surface area contributed by atoms with Crippen molar-refractivity contribution in [2.45, 2.75) is 6.04 Å². The number of nitrogens with two attached hydrogens (primary N) is 1. The van der Waals surface area contributed by atoms with E-state index in [1.165, 1.54) is 0 Å². The zero-order valence-electron chi connectivity index (χ0n) is 11.5. The molecule has 0 bridgehead atoms. The molecular formula is C14H14N4O4. The fourth-order valence-corrected chi connectivity index (χ4v) is 1.94. The third-order valence-electron chi connectivity index (χ3n) is 3.05. The van der Waals surface area contributed by atoms with Crippen molar-refractivity contribution < 1.29 is 14.8 Å². The van der Waals surface area contributed by atoms with Crippen molar-refractivity contribution >= 4 is 17.4 Å². The SMILES string of the molecule is NC(=O)c1cc([N+](=O)[O-])cnc1N[C@@H](CO)c1ccccc1. The average molecular weight is 302 g/mol. The van der Waals surface area contributed by atoms with Crippen molar-refractivity contribution in [2.24, 2.45) is 5.73 Å². The van der Waals surface area contributed by atoms with E-state index >= 15 is 0 Å². The molecule has 0 saturated heterocycles. The summed E-state index contributed by atoms with van der Waals surface area (Å²) in [6.07, 6.45) is 1.02. The van der Waals surface area contributed by atoms with Gasteiger partial charge in [0.15, 0.2) is 0 Å². The number of hydrogen-bond donors (Lipinski definition) is 3. The zero-order chi connectivity index (χ0) is 16.1. The van der Waals surface area contributed by atoms with Crippen LogP contribution >= 0.6 is 0 Å². The molecule has 1 aromatic carbocycles. The van der Waals surface area contributed by atoms with Crippen molar-refractivity contribution in [1.82, 2.24) is 4.98 Å². The Bertz CT molecular complexity index is 690. The maximum absolute atomic E-state index is 11.5. The lowest BCUT2D eigenvalue weighted by Gasteiger charge is -2.18. The summed E-state index contributed by atoms with van der Waals surface area (Å²) in [5.74, 6) is -0.760. The molecule has 1 atom stereocenters. The largest absolute Gasteiger partial charge is 0.394 e. The summed E-state index contributed by atoms with van der Waals surface area (Å²) in [5.41, 5.74) is 5.57. The number of hydrogen-bond acceptors (Lipinski definition) is 6. The first-order chi connectivity index (χ1) is 10.5. The van der Waals surface area contributed by atoms with Gasteiger partial charge in [-0.05, 0) is 5.56 Å². The molecule has 4 N–H and O–H groups in total. The number of benzene rings is 1. The van der Waals surface area contributed by atoms with E-state index in [0.717, 1.165) is 17.8 Å². The number of carbonyl (C=O) groups is 1. The number of anilines is 1. The molecule has 2 aromatic rings. The van der Waals surface area contributed by atoms with E-state index in [-0.39, 0.29) is 23.7 Å². The highest BCUT2D eigenvalue weighted by Gasteiger charge is 2.19. The quantitative estimate of drug-likeness (QED) is 0.543. The summed E-state index contributed by atoms with van der Waals surface area (Å²) in [6, 6.07) is 9.56. The summed E-state index contributed by atoms with van der Waals surface area (Å²) in [7, 11) is 0. The highest BCUT2D eigenvalue weighted by atomic mass is 16.6. The van der Waals surface area contributed by atoms with E-state index < -0.39 is 16.9 Å². The van der Waals surface area contributed by atoms with Crippen molar-refractivity contribution in [3.8, 4) is 0 Å². The van der Waals surface area contributed by atoms with Crippen LogP contribution in [0.15, 0.2) is 42.6 Å². The van der Waals surface area contributed by atoms with Gasteiger partial charge in [-0.1, -0.05) is 30.3 Å². The molecule has 0 aliphatic rings. The predicted octanol–water partition coefficient (Wildman–Crippen LogP) is 1.23. The van der Waals surface area contributed by atoms with Gasteiger partial charge in [0.05, 0.1) is 23.1 Å². The molecule has 0 radical (unpaired) electrons. The highest BCUT2D eigenvalue weighted by molar-refractivity contribution is 5.98. The lowest BCUT2D eigenvalue weighted by molar-refractivity contribution is -0.385. The number of primary amides is 1. The van der Waals surface area contributed by atoms with Crippen LogP contribution in [0.1, 0.15) is 22.0 Å². The van der Waals surface area contributed by atoms with Crippen molar-refractivity contribution in [1.29, 1.82) is 0 Å². The molecular weight excluding hydrogens is 288 g/mol. The van der Waals surface area contributed by atoms with Gasteiger partial charge in [0.2, 0.25) is 0 Å². The van der Waals surface area contributed by atoms with Crippen molar-refractivity contribution in [3.05, 3.63) is 63.8 Å². The smallest absolute Gasteiger partial charge is 0.288 e. The third kappa shape index (κ3) is 3.36. The van der Waals surface area contributed by atoms with Crippen molar-refractivity contribution in [2.75, 3.05) is 11.9 Å². The van der Waals surface area contributed by atoms with Crippen LogP contribution in [0.5, 0.6) is 0 Å². The van der Waals surface area contributed by atoms with Crippen LogP contribution in [-0.4, -0.2) is 27.5 Å². The minimum Gasteiger partial charge on any atom is -0.394 e. The number of nitro groups is 1. The number of nitrogens with zero attached hydrogens (tertiary/aromatic N) is 2. The highest BCUT2D eigenvalue weighted by Crippen LogP contribution is 2.23. The second-order valence-corrected chi connectivity index (χ2v) is 4.50. The Hall–Kier alpha value is -3.00. The first kappa shape index (κ1) is 15.4. The van der Waals surface area contributed by atoms with Crippen LogP contribution in [0.3, 0.4) is 0 Å². The maximum atomic E-state index is 11.5. The van der Waals surface area contributed by atoms with E-state index in [4.69, 9.17) is 5.73 Å². The Morgan fingerprint density at radius 2 is 2.09 bits per heavy atom. The molecule has 8 nitrogen and oxygen atoms in total. The number of aliphatic hydroxyl groups is 1. The Labute approximate surface area is 125 Å². The summed E-state index contributed by atoms with van der Waals surface area (Å²) in [5, 5.41) is 23.1. The Balaban J connectivity index is 2.35.